The summed E-state index contributed by atoms with van der Waals surface area (Å²) < 4.78 is 21.8. The lowest BCUT2D eigenvalue weighted by Gasteiger charge is -2.11. The summed E-state index contributed by atoms with van der Waals surface area (Å²) in [6.45, 7) is 5.92. The minimum Gasteiger partial charge on any atom is -0.493 e. The van der Waals surface area contributed by atoms with E-state index in [1.807, 2.05) is 13.8 Å². The average molecular weight is 432 g/mol. The number of fused-ring (bicyclic) bond motifs is 2. The van der Waals surface area contributed by atoms with Crippen LogP contribution in [0.3, 0.4) is 0 Å². The largest absolute Gasteiger partial charge is 0.493 e. The molecule has 0 spiro atoms. The zero-order valence-corrected chi connectivity index (χ0v) is 17.9. The summed E-state index contributed by atoms with van der Waals surface area (Å²) in [5.74, 6) is 1.28. The van der Waals surface area contributed by atoms with Gasteiger partial charge in [-0.3, -0.25) is 9.20 Å². The van der Waals surface area contributed by atoms with E-state index in [-0.39, 0.29) is 18.1 Å². The fraction of sp³-hybridized carbons (Fsp3) is 0.261. The molecule has 1 N–H and O–H groups in total. The van der Waals surface area contributed by atoms with Crippen LogP contribution in [-0.2, 0) is 13.0 Å². The standard InChI is InChI=1S/C23H21FN6O2/c1-12-16(9-26-14(3)28-12)18-8-25-11-30-22(18)21(13(2)31)29-23(30)27-10-17-15-6-7-32-20(15)5-4-19(17)24/h4-5,8-9,11H,6-7,10H2,1-3H3,(H,27,29). The second-order valence-corrected chi connectivity index (χ2v) is 7.74. The Hall–Kier alpha value is -3.88. The van der Waals surface area contributed by atoms with Gasteiger partial charge in [0, 0.05) is 60.2 Å². The Bertz CT molecular complexity index is 1380. The maximum Gasteiger partial charge on any atom is 0.209 e. The topological polar surface area (TPSA) is 94.3 Å². The highest BCUT2D eigenvalue weighted by molar-refractivity contribution is 6.03. The van der Waals surface area contributed by atoms with Gasteiger partial charge >= 0.3 is 0 Å². The van der Waals surface area contributed by atoms with Crippen molar-refractivity contribution in [2.24, 2.45) is 0 Å². The van der Waals surface area contributed by atoms with Crippen molar-refractivity contribution in [2.45, 2.75) is 33.7 Å². The molecule has 4 heterocycles. The molecule has 0 atom stereocenters. The smallest absolute Gasteiger partial charge is 0.209 e. The molecule has 0 amide bonds. The quantitative estimate of drug-likeness (QED) is 0.481. The fourth-order valence-electron chi connectivity index (χ4n) is 4.13. The van der Waals surface area contributed by atoms with Gasteiger partial charge in [0.05, 0.1) is 12.1 Å². The monoisotopic (exact) mass is 432 g/mol. The number of carbonyl (C=O) groups excluding carboxylic acids is 1. The second kappa shape index (κ2) is 7.67. The molecule has 1 aromatic carbocycles. The lowest BCUT2D eigenvalue weighted by molar-refractivity contribution is 0.101. The summed E-state index contributed by atoms with van der Waals surface area (Å²) in [7, 11) is 0. The van der Waals surface area contributed by atoms with Crippen LogP contribution >= 0.6 is 0 Å². The number of nitrogens with zero attached hydrogens (tertiary/aromatic N) is 5. The van der Waals surface area contributed by atoms with E-state index in [4.69, 9.17) is 4.74 Å². The number of halogens is 1. The number of rotatable bonds is 5. The molecule has 0 bridgehead atoms. The van der Waals surface area contributed by atoms with Gasteiger partial charge < -0.3 is 10.1 Å². The van der Waals surface area contributed by atoms with Crippen molar-refractivity contribution in [3.8, 4) is 16.9 Å². The molecule has 3 aromatic heterocycles. The minimum absolute atomic E-state index is 0.186. The van der Waals surface area contributed by atoms with Crippen molar-refractivity contribution >= 4 is 17.2 Å². The SMILES string of the molecule is CC(=O)c1nc(NCc2c(F)ccc3c2CCO3)n2cncc(-c3cnc(C)nc3C)c12. The van der Waals surface area contributed by atoms with Gasteiger partial charge in [-0.25, -0.2) is 24.3 Å². The first kappa shape index (κ1) is 20.0. The number of nitrogens with one attached hydrogen (secondary N) is 1. The third-order valence-corrected chi connectivity index (χ3v) is 5.64. The zero-order valence-electron chi connectivity index (χ0n) is 17.9. The van der Waals surface area contributed by atoms with Crippen LogP contribution in [0.15, 0.2) is 30.9 Å². The molecule has 0 saturated heterocycles. The Kier molecular flexibility index (Phi) is 4.80. The Morgan fingerprint density at radius 2 is 2.06 bits per heavy atom. The van der Waals surface area contributed by atoms with Crippen LogP contribution < -0.4 is 10.1 Å². The maximum atomic E-state index is 14.6. The molecule has 4 aromatic rings. The zero-order chi connectivity index (χ0) is 22.4. The van der Waals surface area contributed by atoms with E-state index >= 15 is 0 Å². The number of benzene rings is 1. The molecule has 32 heavy (non-hydrogen) atoms. The number of carbonyl (C=O) groups is 1. The first-order valence-electron chi connectivity index (χ1n) is 10.3. The highest BCUT2D eigenvalue weighted by atomic mass is 19.1. The predicted octanol–water partition coefficient (Wildman–Crippen LogP) is 3.69. The molecule has 0 radical (unpaired) electrons. The van der Waals surface area contributed by atoms with Gasteiger partial charge in [0.25, 0.3) is 0 Å². The summed E-state index contributed by atoms with van der Waals surface area (Å²) in [5.41, 5.74) is 4.55. The molecular weight excluding hydrogens is 411 g/mol. The molecule has 1 aliphatic heterocycles. The third-order valence-electron chi connectivity index (χ3n) is 5.64. The van der Waals surface area contributed by atoms with Gasteiger partial charge in [0.15, 0.2) is 5.78 Å². The average Bonchev–Trinajstić information content (AvgIpc) is 3.38. The van der Waals surface area contributed by atoms with E-state index in [0.29, 0.717) is 52.9 Å². The van der Waals surface area contributed by atoms with Crippen molar-refractivity contribution < 1.29 is 13.9 Å². The Balaban J connectivity index is 1.60. The van der Waals surface area contributed by atoms with Crippen LogP contribution in [0.5, 0.6) is 5.75 Å². The van der Waals surface area contributed by atoms with Crippen LogP contribution in [0.4, 0.5) is 10.3 Å². The minimum atomic E-state index is -0.305. The highest BCUT2D eigenvalue weighted by Crippen LogP contribution is 2.32. The normalized spacial score (nSPS) is 12.6. The number of anilines is 1. The summed E-state index contributed by atoms with van der Waals surface area (Å²) >= 11 is 0. The molecule has 9 heteroatoms. The van der Waals surface area contributed by atoms with Crippen molar-refractivity contribution in [1.82, 2.24) is 24.3 Å². The predicted molar refractivity (Wildman–Crippen MR) is 116 cm³/mol. The third kappa shape index (κ3) is 3.26. The van der Waals surface area contributed by atoms with Crippen LogP contribution in [0, 0.1) is 19.7 Å². The Morgan fingerprint density at radius 3 is 2.84 bits per heavy atom. The highest BCUT2D eigenvalue weighted by Gasteiger charge is 2.22. The van der Waals surface area contributed by atoms with E-state index in [0.717, 1.165) is 16.8 Å². The van der Waals surface area contributed by atoms with Crippen LogP contribution in [-0.4, -0.2) is 36.7 Å². The molecule has 162 valence electrons. The van der Waals surface area contributed by atoms with Crippen LogP contribution in [0.1, 0.15) is 40.1 Å². The number of aromatic nitrogens is 5. The van der Waals surface area contributed by atoms with E-state index in [9.17, 15) is 9.18 Å². The molecule has 0 unspecified atom stereocenters. The van der Waals surface area contributed by atoms with Crippen LogP contribution in [0.25, 0.3) is 16.6 Å². The molecule has 5 rings (SSSR count). The Labute approximate surface area is 183 Å². The Morgan fingerprint density at radius 1 is 1.22 bits per heavy atom. The first-order valence-corrected chi connectivity index (χ1v) is 10.3. The molecule has 0 fully saturated rings. The number of ether oxygens (including phenoxy) is 1. The van der Waals surface area contributed by atoms with E-state index in [1.165, 1.54) is 13.0 Å². The van der Waals surface area contributed by atoms with Gasteiger partial charge in [-0.1, -0.05) is 0 Å². The van der Waals surface area contributed by atoms with Gasteiger partial charge in [-0.2, -0.15) is 0 Å². The fourth-order valence-corrected chi connectivity index (χ4v) is 4.13. The summed E-state index contributed by atoms with van der Waals surface area (Å²) in [6, 6.07) is 3.06. The van der Waals surface area contributed by atoms with Gasteiger partial charge in [-0.15, -0.1) is 0 Å². The molecular formula is C23H21FN6O2. The summed E-state index contributed by atoms with van der Waals surface area (Å²) in [4.78, 5) is 30.0. The molecule has 0 saturated carbocycles. The lowest BCUT2D eigenvalue weighted by Crippen LogP contribution is -2.08. The van der Waals surface area contributed by atoms with Crippen molar-refractivity contribution in [3.05, 3.63) is 65.0 Å². The van der Waals surface area contributed by atoms with Crippen molar-refractivity contribution in [2.75, 3.05) is 11.9 Å². The van der Waals surface area contributed by atoms with Crippen LogP contribution in [0.2, 0.25) is 0 Å². The maximum absolute atomic E-state index is 14.6. The van der Waals surface area contributed by atoms with E-state index < -0.39 is 0 Å². The number of ketones is 1. The van der Waals surface area contributed by atoms with Gasteiger partial charge in [0.1, 0.15) is 29.4 Å². The number of hydrogen-bond acceptors (Lipinski definition) is 7. The van der Waals surface area contributed by atoms with Gasteiger partial charge in [-0.05, 0) is 26.0 Å². The molecule has 1 aliphatic rings. The number of aryl methyl sites for hydroxylation is 2. The summed E-state index contributed by atoms with van der Waals surface area (Å²) in [5, 5.41) is 3.19. The van der Waals surface area contributed by atoms with Gasteiger partial charge in [0.2, 0.25) is 5.95 Å². The number of imidazole rings is 1. The van der Waals surface area contributed by atoms with Crippen molar-refractivity contribution in [1.29, 1.82) is 0 Å². The number of hydrogen-bond donors (Lipinski definition) is 1. The summed E-state index contributed by atoms with van der Waals surface area (Å²) in [6.07, 6.45) is 5.64. The lowest BCUT2D eigenvalue weighted by atomic mass is 10.0. The van der Waals surface area contributed by atoms with Crippen molar-refractivity contribution in [3.63, 3.8) is 0 Å². The second-order valence-electron chi connectivity index (χ2n) is 7.74. The van der Waals surface area contributed by atoms with E-state index in [2.05, 4.69) is 25.3 Å². The molecule has 0 aliphatic carbocycles. The molecule has 8 nitrogen and oxygen atoms in total. The first-order chi connectivity index (χ1) is 15.4. The number of Topliss-reactive ketones (excluding diaryl/α,β-unsaturated/α-hetero) is 1. The van der Waals surface area contributed by atoms with E-state index in [1.54, 1.807) is 29.2 Å².